The van der Waals surface area contributed by atoms with Gasteiger partial charge >= 0.3 is 0 Å². The van der Waals surface area contributed by atoms with Crippen molar-refractivity contribution in [1.29, 1.82) is 0 Å². The number of hydrogen-bond acceptors (Lipinski definition) is 5. The summed E-state index contributed by atoms with van der Waals surface area (Å²) in [6.45, 7) is 0.508. The molecule has 0 spiro atoms. The molecule has 1 fully saturated rings. The second kappa shape index (κ2) is 7.87. The minimum Gasteiger partial charge on any atom is -0.493 e. The first kappa shape index (κ1) is 17.7. The average molecular weight is 346 g/mol. The Labute approximate surface area is 148 Å². The van der Waals surface area contributed by atoms with Crippen LogP contribution in [0.1, 0.15) is 37.7 Å². The lowest BCUT2D eigenvalue weighted by atomic mass is 9.73. The van der Waals surface area contributed by atoms with Gasteiger partial charge in [0.2, 0.25) is 5.91 Å². The van der Waals surface area contributed by atoms with Gasteiger partial charge in [0.05, 0.1) is 19.9 Å². The number of ether oxygens (including phenoxy) is 2. The molecule has 6 heteroatoms. The number of carbonyl (C=O) groups is 1. The highest BCUT2D eigenvalue weighted by Gasteiger charge is 2.41. The third-order valence-electron chi connectivity index (χ3n) is 5.12. The lowest BCUT2D eigenvalue weighted by Gasteiger charge is -2.38. The van der Waals surface area contributed by atoms with E-state index in [0.717, 1.165) is 37.0 Å². The number of amides is 1. The number of aliphatic hydroxyl groups excluding tert-OH is 1. The molecule has 3 rings (SSSR count). The van der Waals surface area contributed by atoms with Gasteiger partial charge in [-0.2, -0.15) is 5.10 Å². The largest absolute Gasteiger partial charge is 0.493 e. The summed E-state index contributed by atoms with van der Waals surface area (Å²) in [6.07, 6.45) is 4.63. The molecule has 0 bridgehead atoms. The van der Waals surface area contributed by atoms with Gasteiger partial charge in [-0.05, 0) is 37.5 Å². The third kappa shape index (κ3) is 3.49. The van der Waals surface area contributed by atoms with Crippen molar-refractivity contribution in [3.8, 4) is 11.5 Å². The second-order valence-corrected chi connectivity index (χ2v) is 6.59. The Hall–Kier alpha value is -2.08. The fourth-order valence-electron chi connectivity index (χ4n) is 3.85. The summed E-state index contributed by atoms with van der Waals surface area (Å²) in [5, 5.41) is 15.3. The Morgan fingerprint density at radius 3 is 2.56 bits per heavy atom. The van der Waals surface area contributed by atoms with Crippen LogP contribution >= 0.6 is 0 Å². The topological polar surface area (TPSA) is 71.4 Å². The van der Waals surface area contributed by atoms with Crippen LogP contribution in [0.4, 0.5) is 0 Å². The smallest absolute Gasteiger partial charge is 0.246 e. The number of benzene rings is 1. The summed E-state index contributed by atoms with van der Waals surface area (Å²) >= 11 is 0. The Balaban J connectivity index is 1.99. The average Bonchev–Trinajstić information content (AvgIpc) is 2.67. The van der Waals surface area contributed by atoms with Crippen molar-refractivity contribution >= 4 is 11.6 Å². The SMILES string of the molecule is COc1ccc(C2=NN(CCCO)C(=O)C3CCCCC23)cc1OC. The molecule has 1 aliphatic carbocycles. The van der Waals surface area contributed by atoms with Gasteiger partial charge in [0, 0.05) is 30.6 Å². The Morgan fingerprint density at radius 1 is 1.16 bits per heavy atom. The number of hydrazone groups is 1. The third-order valence-corrected chi connectivity index (χ3v) is 5.12. The molecule has 1 aromatic carbocycles. The quantitative estimate of drug-likeness (QED) is 0.859. The van der Waals surface area contributed by atoms with E-state index >= 15 is 0 Å². The molecular weight excluding hydrogens is 320 g/mol. The molecule has 0 saturated heterocycles. The van der Waals surface area contributed by atoms with Gasteiger partial charge in [-0.15, -0.1) is 0 Å². The number of methoxy groups -OCH3 is 2. The van der Waals surface area contributed by atoms with E-state index in [-0.39, 0.29) is 24.3 Å². The standard InChI is InChI=1S/C19H26N2O4/c1-24-16-9-8-13(12-17(16)25-2)18-14-6-3-4-7-15(14)19(23)21(20-18)10-5-11-22/h8-9,12,14-15,22H,3-7,10-11H2,1-2H3. The van der Waals surface area contributed by atoms with Gasteiger partial charge in [-0.25, -0.2) is 5.01 Å². The number of carbonyl (C=O) groups excluding carboxylic acids is 1. The zero-order chi connectivity index (χ0) is 17.8. The predicted octanol–water partition coefficient (Wildman–Crippen LogP) is 2.44. The summed E-state index contributed by atoms with van der Waals surface area (Å²) < 4.78 is 10.7. The fourth-order valence-corrected chi connectivity index (χ4v) is 3.85. The molecule has 1 amide bonds. The zero-order valence-electron chi connectivity index (χ0n) is 14.9. The van der Waals surface area contributed by atoms with Crippen LogP contribution in [0.15, 0.2) is 23.3 Å². The van der Waals surface area contributed by atoms with Crippen LogP contribution < -0.4 is 9.47 Å². The highest BCUT2D eigenvalue weighted by atomic mass is 16.5. The number of fused-ring (bicyclic) bond motifs is 1. The van der Waals surface area contributed by atoms with E-state index in [1.165, 1.54) is 0 Å². The molecular formula is C19H26N2O4. The minimum absolute atomic E-state index is 0.00644. The van der Waals surface area contributed by atoms with E-state index in [9.17, 15) is 4.79 Å². The normalized spacial score (nSPS) is 23.1. The molecule has 1 heterocycles. The zero-order valence-corrected chi connectivity index (χ0v) is 14.9. The molecule has 25 heavy (non-hydrogen) atoms. The molecule has 0 aromatic heterocycles. The lowest BCUT2D eigenvalue weighted by Crippen LogP contribution is -2.46. The first-order chi connectivity index (χ1) is 12.2. The molecule has 1 saturated carbocycles. The maximum absolute atomic E-state index is 12.8. The van der Waals surface area contributed by atoms with Gasteiger partial charge in [0.15, 0.2) is 11.5 Å². The molecule has 2 atom stereocenters. The Bertz CT molecular complexity index is 659. The number of rotatable bonds is 6. The molecule has 2 unspecified atom stereocenters. The van der Waals surface area contributed by atoms with E-state index in [1.807, 2.05) is 18.2 Å². The first-order valence-electron chi connectivity index (χ1n) is 8.92. The molecule has 0 radical (unpaired) electrons. The van der Waals surface area contributed by atoms with E-state index in [1.54, 1.807) is 19.2 Å². The number of nitrogens with zero attached hydrogens (tertiary/aromatic N) is 2. The van der Waals surface area contributed by atoms with E-state index in [0.29, 0.717) is 24.5 Å². The fraction of sp³-hybridized carbons (Fsp3) is 0.579. The van der Waals surface area contributed by atoms with Crippen LogP contribution in [0.25, 0.3) is 0 Å². The van der Waals surface area contributed by atoms with Gasteiger partial charge in [0.1, 0.15) is 0 Å². The Morgan fingerprint density at radius 2 is 1.88 bits per heavy atom. The summed E-state index contributed by atoms with van der Waals surface area (Å²) in [4.78, 5) is 12.8. The molecule has 1 aromatic rings. The van der Waals surface area contributed by atoms with E-state index < -0.39 is 0 Å². The molecule has 1 aliphatic heterocycles. The van der Waals surface area contributed by atoms with Gasteiger partial charge in [-0.3, -0.25) is 4.79 Å². The summed E-state index contributed by atoms with van der Waals surface area (Å²) in [5.74, 6) is 1.59. The van der Waals surface area contributed by atoms with Gasteiger partial charge in [0.25, 0.3) is 0 Å². The Kier molecular flexibility index (Phi) is 5.58. The van der Waals surface area contributed by atoms with Crippen molar-refractivity contribution in [3.63, 3.8) is 0 Å². The summed E-state index contributed by atoms with van der Waals surface area (Å²) in [7, 11) is 3.23. The van der Waals surface area contributed by atoms with Crippen molar-refractivity contribution in [2.45, 2.75) is 32.1 Å². The number of hydrogen-bond donors (Lipinski definition) is 1. The van der Waals surface area contributed by atoms with Crippen molar-refractivity contribution in [3.05, 3.63) is 23.8 Å². The van der Waals surface area contributed by atoms with E-state index in [2.05, 4.69) is 5.10 Å². The van der Waals surface area contributed by atoms with Crippen LogP contribution in [-0.4, -0.2) is 49.1 Å². The summed E-state index contributed by atoms with van der Waals surface area (Å²) in [6, 6.07) is 5.79. The monoisotopic (exact) mass is 346 g/mol. The van der Waals surface area contributed by atoms with Crippen molar-refractivity contribution in [2.24, 2.45) is 16.9 Å². The maximum atomic E-state index is 12.8. The van der Waals surface area contributed by atoms with Gasteiger partial charge < -0.3 is 14.6 Å². The molecule has 136 valence electrons. The van der Waals surface area contributed by atoms with Crippen molar-refractivity contribution < 1.29 is 19.4 Å². The molecule has 6 nitrogen and oxygen atoms in total. The van der Waals surface area contributed by atoms with Crippen molar-refractivity contribution in [2.75, 3.05) is 27.4 Å². The maximum Gasteiger partial charge on any atom is 0.246 e. The number of aliphatic hydroxyl groups is 1. The lowest BCUT2D eigenvalue weighted by molar-refractivity contribution is -0.139. The van der Waals surface area contributed by atoms with Crippen LogP contribution in [-0.2, 0) is 4.79 Å². The highest BCUT2D eigenvalue weighted by molar-refractivity contribution is 6.07. The van der Waals surface area contributed by atoms with E-state index in [4.69, 9.17) is 14.6 Å². The van der Waals surface area contributed by atoms with Crippen LogP contribution in [0.3, 0.4) is 0 Å². The van der Waals surface area contributed by atoms with Crippen molar-refractivity contribution in [1.82, 2.24) is 5.01 Å². The first-order valence-corrected chi connectivity index (χ1v) is 8.92. The second-order valence-electron chi connectivity index (χ2n) is 6.59. The van der Waals surface area contributed by atoms with Gasteiger partial charge in [-0.1, -0.05) is 12.8 Å². The van der Waals surface area contributed by atoms with Crippen LogP contribution in [0.5, 0.6) is 11.5 Å². The van der Waals surface area contributed by atoms with Crippen LogP contribution in [0, 0.1) is 11.8 Å². The highest BCUT2D eigenvalue weighted by Crippen LogP contribution is 2.39. The summed E-state index contributed by atoms with van der Waals surface area (Å²) in [5.41, 5.74) is 1.92. The minimum atomic E-state index is -0.00644. The molecule has 1 N–H and O–H groups in total. The predicted molar refractivity (Wildman–Crippen MR) is 94.9 cm³/mol. The molecule has 2 aliphatic rings. The van der Waals surface area contributed by atoms with Crippen LogP contribution in [0.2, 0.25) is 0 Å².